The van der Waals surface area contributed by atoms with Gasteiger partial charge >= 0.3 is 6.18 Å². The number of rotatable bonds is 3. The predicted octanol–water partition coefficient (Wildman–Crippen LogP) is 3.79. The van der Waals surface area contributed by atoms with Crippen molar-refractivity contribution in [2.75, 3.05) is 7.11 Å². The number of hydrogen-bond acceptors (Lipinski definition) is 4. The second-order valence-electron chi connectivity index (χ2n) is 5.39. The van der Waals surface area contributed by atoms with Crippen LogP contribution >= 0.6 is 0 Å². The number of nitrogens with two attached hydrogens (primary N) is 1. The molecular weight excluding hydrogens is 349 g/mol. The smallest absolute Gasteiger partial charge is 0.416 e. The van der Waals surface area contributed by atoms with Crippen LogP contribution in [0.25, 0.3) is 11.0 Å². The van der Waals surface area contributed by atoms with Crippen molar-refractivity contribution >= 4 is 22.6 Å². The van der Waals surface area contributed by atoms with Crippen LogP contribution in [-0.2, 0) is 6.18 Å². The Kier molecular flexibility index (Phi) is 4.41. The first-order chi connectivity index (χ1) is 12.3. The number of benzene rings is 2. The molecule has 2 N–H and O–H groups in total. The van der Waals surface area contributed by atoms with Gasteiger partial charge in [0.2, 0.25) is 5.55 Å². The lowest BCUT2D eigenvalue weighted by Crippen LogP contribution is -2.21. The summed E-state index contributed by atoms with van der Waals surface area (Å²) in [7, 11) is 1.49. The molecule has 0 aliphatic heterocycles. The van der Waals surface area contributed by atoms with Gasteiger partial charge in [-0.2, -0.15) is 13.2 Å². The molecule has 0 saturated carbocycles. The monoisotopic (exact) mass is 362 g/mol. The van der Waals surface area contributed by atoms with Gasteiger partial charge in [0.1, 0.15) is 16.9 Å². The Morgan fingerprint density at radius 1 is 1.15 bits per heavy atom. The first-order valence-electron chi connectivity index (χ1n) is 7.41. The number of amides is 1. The number of primary amides is 1. The van der Waals surface area contributed by atoms with Crippen LogP contribution in [0.2, 0.25) is 0 Å². The van der Waals surface area contributed by atoms with E-state index in [1.165, 1.54) is 25.3 Å². The van der Waals surface area contributed by atoms with E-state index < -0.39 is 17.6 Å². The molecule has 2 aromatic carbocycles. The number of halogens is 3. The van der Waals surface area contributed by atoms with Crippen molar-refractivity contribution in [2.24, 2.45) is 10.7 Å². The fraction of sp³-hybridized carbons (Fsp3) is 0.111. The lowest BCUT2D eigenvalue weighted by Gasteiger charge is -2.07. The van der Waals surface area contributed by atoms with Crippen molar-refractivity contribution < 1.29 is 27.1 Å². The fourth-order valence-electron chi connectivity index (χ4n) is 2.36. The lowest BCUT2D eigenvalue weighted by molar-refractivity contribution is -0.137. The van der Waals surface area contributed by atoms with E-state index in [-0.39, 0.29) is 16.8 Å². The molecule has 0 spiro atoms. The number of fused-ring (bicyclic) bond motifs is 1. The Morgan fingerprint density at radius 3 is 2.58 bits per heavy atom. The third-order valence-electron chi connectivity index (χ3n) is 3.62. The highest BCUT2D eigenvalue weighted by molar-refractivity contribution is 5.95. The lowest BCUT2D eigenvalue weighted by atomic mass is 10.1. The average Bonchev–Trinajstić information content (AvgIpc) is 2.60. The molecule has 1 heterocycles. The first-order valence-corrected chi connectivity index (χ1v) is 7.41. The maximum atomic E-state index is 12.8. The first kappa shape index (κ1) is 17.5. The van der Waals surface area contributed by atoms with E-state index in [4.69, 9.17) is 14.9 Å². The van der Waals surface area contributed by atoms with E-state index in [2.05, 4.69) is 4.99 Å². The molecule has 0 fully saturated rings. The summed E-state index contributed by atoms with van der Waals surface area (Å²) in [4.78, 5) is 15.8. The summed E-state index contributed by atoms with van der Waals surface area (Å²) in [5, 5.41) is 0.543. The molecule has 0 aliphatic carbocycles. The number of nitrogens with zero attached hydrogens (tertiary/aromatic N) is 1. The Bertz CT molecular complexity index is 1060. The van der Waals surface area contributed by atoms with Crippen molar-refractivity contribution in [3.05, 3.63) is 65.2 Å². The van der Waals surface area contributed by atoms with Crippen LogP contribution in [0.3, 0.4) is 0 Å². The SMILES string of the molecule is COc1ccc2oc(=Nc3cccc(C(F)(F)F)c3)c(C(N)=O)cc2c1. The molecule has 0 unspecified atom stereocenters. The Hall–Kier alpha value is -3.29. The molecule has 8 heteroatoms. The zero-order valence-electron chi connectivity index (χ0n) is 13.5. The Balaban J connectivity index is 2.22. The van der Waals surface area contributed by atoms with Gasteiger partial charge in [-0.05, 0) is 42.5 Å². The third-order valence-corrected chi connectivity index (χ3v) is 3.62. The van der Waals surface area contributed by atoms with Crippen molar-refractivity contribution in [3.8, 4) is 5.75 Å². The van der Waals surface area contributed by atoms with E-state index in [0.717, 1.165) is 12.1 Å². The summed E-state index contributed by atoms with van der Waals surface area (Å²) in [6, 6.07) is 10.7. The van der Waals surface area contributed by atoms with Gasteiger partial charge in [0.25, 0.3) is 5.91 Å². The quantitative estimate of drug-likeness (QED) is 0.770. The second kappa shape index (κ2) is 6.55. The molecular formula is C18H13F3N2O3. The summed E-state index contributed by atoms with van der Waals surface area (Å²) in [5.41, 5.74) is 4.64. The van der Waals surface area contributed by atoms with Gasteiger partial charge in [-0.1, -0.05) is 6.07 Å². The van der Waals surface area contributed by atoms with Crippen LogP contribution in [0, 0.1) is 0 Å². The van der Waals surface area contributed by atoms with Crippen molar-refractivity contribution in [2.45, 2.75) is 6.18 Å². The van der Waals surface area contributed by atoms with Crippen LogP contribution in [0.4, 0.5) is 18.9 Å². The van der Waals surface area contributed by atoms with Gasteiger partial charge in [0.15, 0.2) is 0 Å². The zero-order valence-corrected chi connectivity index (χ0v) is 13.5. The minimum absolute atomic E-state index is 0.0149. The Morgan fingerprint density at radius 2 is 1.92 bits per heavy atom. The zero-order chi connectivity index (χ0) is 18.9. The molecule has 0 aliphatic rings. The van der Waals surface area contributed by atoms with Gasteiger partial charge < -0.3 is 14.9 Å². The van der Waals surface area contributed by atoms with Crippen molar-refractivity contribution in [1.29, 1.82) is 0 Å². The average molecular weight is 362 g/mol. The minimum Gasteiger partial charge on any atom is -0.497 e. The fourth-order valence-corrected chi connectivity index (χ4v) is 2.36. The topological polar surface area (TPSA) is 77.8 Å². The van der Waals surface area contributed by atoms with Gasteiger partial charge in [0, 0.05) is 5.39 Å². The van der Waals surface area contributed by atoms with Gasteiger partial charge in [-0.15, -0.1) is 0 Å². The molecule has 1 amide bonds. The summed E-state index contributed by atoms with van der Waals surface area (Å²) < 4.78 is 49.2. The number of ether oxygens (including phenoxy) is 1. The molecule has 0 bridgehead atoms. The third kappa shape index (κ3) is 3.53. The number of carbonyl (C=O) groups excluding carboxylic acids is 1. The standard InChI is InChI=1S/C18H13F3N2O3/c1-25-13-5-6-15-10(7-13)8-14(16(22)24)17(26-15)23-12-4-2-3-11(9-12)18(19,20)21/h2-9H,1H3,(H2,22,24). The van der Waals surface area contributed by atoms with Crippen LogP contribution in [-0.4, -0.2) is 13.0 Å². The summed E-state index contributed by atoms with van der Waals surface area (Å²) >= 11 is 0. The van der Waals surface area contributed by atoms with E-state index in [1.807, 2.05) is 0 Å². The number of hydrogen-bond donors (Lipinski definition) is 1. The van der Waals surface area contributed by atoms with Crippen LogP contribution in [0.15, 0.2) is 57.9 Å². The molecule has 0 radical (unpaired) electrons. The molecule has 3 rings (SSSR count). The van der Waals surface area contributed by atoms with Gasteiger partial charge in [-0.3, -0.25) is 4.79 Å². The largest absolute Gasteiger partial charge is 0.497 e. The summed E-state index contributed by atoms with van der Waals surface area (Å²) in [5.74, 6) is -0.269. The summed E-state index contributed by atoms with van der Waals surface area (Å²) in [6.45, 7) is 0. The molecule has 3 aromatic rings. The highest BCUT2D eigenvalue weighted by Crippen LogP contribution is 2.31. The molecule has 1 aromatic heterocycles. The van der Waals surface area contributed by atoms with Crippen molar-refractivity contribution in [3.63, 3.8) is 0 Å². The van der Waals surface area contributed by atoms with Crippen LogP contribution in [0.5, 0.6) is 5.75 Å². The molecule has 0 atom stereocenters. The van der Waals surface area contributed by atoms with Crippen LogP contribution in [0.1, 0.15) is 15.9 Å². The maximum absolute atomic E-state index is 12.8. The molecule has 26 heavy (non-hydrogen) atoms. The van der Waals surface area contributed by atoms with E-state index in [9.17, 15) is 18.0 Å². The van der Waals surface area contributed by atoms with Gasteiger partial charge in [0.05, 0.1) is 18.4 Å². The van der Waals surface area contributed by atoms with Crippen molar-refractivity contribution in [1.82, 2.24) is 0 Å². The normalized spacial score (nSPS) is 12.4. The predicted molar refractivity (Wildman–Crippen MR) is 88.0 cm³/mol. The number of methoxy groups -OCH3 is 1. The minimum atomic E-state index is -4.50. The van der Waals surface area contributed by atoms with Gasteiger partial charge in [-0.25, -0.2) is 4.99 Å². The van der Waals surface area contributed by atoms with Crippen LogP contribution < -0.4 is 16.0 Å². The maximum Gasteiger partial charge on any atom is 0.416 e. The molecule has 134 valence electrons. The number of carbonyl (C=O) groups is 1. The van der Waals surface area contributed by atoms with E-state index >= 15 is 0 Å². The summed E-state index contributed by atoms with van der Waals surface area (Å²) in [6.07, 6.45) is -4.50. The van der Waals surface area contributed by atoms with E-state index in [1.54, 1.807) is 18.2 Å². The highest BCUT2D eigenvalue weighted by atomic mass is 19.4. The Labute approximate surface area is 145 Å². The highest BCUT2D eigenvalue weighted by Gasteiger charge is 2.30. The molecule has 5 nitrogen and oxygen atoms in total. The molecule has 0 saturated heterocycles. The number of alkyl halides is 3. The second-order valence-corrected chi connectivity index (χ2v) is 5.39. The van der Waals surface area contributed by atoms with E-state index in [0.29, 0.717) is 16.7 Å².